The van der Waals surface area contributed by atoms with Crippen LogP contribution in [0, 0.1) is 0 Å². The number of hydrogen-bond acceptors (Lipinski definition) is 8. The van der Waals surface area contributed by atoms with E-state index in [-0.39, 0.29) is 0 Å². The van der Waals surface area contributed by atoms with Gasteiger partial charge in [0, 0.05) is 5.75 Å². The molecular weight excluding hydrogens is 548 g/mol. The van der Waals surface area contributed by atoms with Gasteiger partial charge in [0.1, 0.15) is 0 Å². The first-order valence-electron chi connectivity index (χ1n) is 8.30. The summed E-state index contributed by atoms with van der Waals surface area (Å²) in [6, 6.07) is 8.32. The van der Waals surface area contributed by atoms with Crippen molar-refractivity contribution in [2.24, 2.45) is 0 Å². The maximum atomic E-state index is 10.7. The Balaban J connectivity index is 0.000000539. The van der Waals surface area contributed by atoms with Crippen LogP contribution in [-0.2, 0) is 38.0 Å². The van der Waals surface area contributed by atoms with Gasteiger partial charge in [0.15, 0.2) is 37.8 Å². The first kappa shape index (κ1) is 31.5. The fraction of sp³-hybridized carbons (Fsp3) is 0.467. The lowest BCUT2D eigenvalue weighted by Crippen LogP contribution is -2.71. The van der Waals surface area contributed by atoms with Gasteiger partial charge in [-0.25, -0.2) is 16.8 Å². The van der Waals surface area contributed by atoms with Crippen LogP contribution in [0.2, 0.25) is 0 Å². The van der Waals surface area contributed by atoms with Gasteiger partial charge in [0.05, 0.1) is 5.56 Å². The van der Waals surface area contributed by atoms with Crippen molar-refractivity contribution in [3.63, 3.8) is 0 Å². The standard InChI is InChI=1S/C13H15NOS2.2CHF3O3S/c1-16-13-12(14-15)11-8-3-2-6-10(11)7-4-5-9-17-13;2*2-1(3,4)8(5,6)7/h2-3,6,8H,4-5,7,9H2,1H3;2*(H,5,6,7)/b14-12+;;. The van der Waals surface area contributed by atoms with Gasteiger partial charge in [-0.05, 0) is 36.0 Å². The lowest BCUT2D eigenvalue weighted by atomic mass is 9.99. The van der Waals surface area contributed by atoms with E-state index in [0.717, 1.165) is 23.4 Å². The second kappa shape index (κ2) is 12.8. The lowest BCUT2D eigenvalue weighted by Gasteiger charge is -2.08. The molecule has 2 rings (SSSR count). The molecule has 18 heteroatoms. The zero-order valence-corrected chi connectivity index (χ0v) is 19.7. The molecule has 1 aromatic rings. The summed E-state index contributed by atoms with van der Waals surface area (Å²) in [7, 11) is -12.2. The summed E-state index contributed by atoms with van der Waals surface area (Å²) in [6.45, 7) is 0. The molecule has 0 aliphatic carbocycles. The fourth-order valence-corrected chi connectivity index (χ4v) is 3.93. The number of alkyl halides is 6. The molecule has 33 heavy (non-hydrogen) atoms. The van der Waals surface area contributed by atoms with E-state index in [4.69, 9.17) is 25.9 Å². The van der Waals surface area contributed by atoms with Gasteiger partial charge in [-0.2, -0.15) is 26.3 Å². The summed E-state index contributed by atoms with van der Waals surface area (Å²) in [4.78, 5) is 0. The van der Waals surface area contributed by atoms with E-state index in [1.54, 1.807) is 11.4 Å². The third-order valence-electron chi connectivity index (χ3n) is 3.43. The molecule has 1 heterocycles. The Hall–Kier alpha value is -1.47. The molecular formula is C15H17F6NO7S4. The predicted molar refractivity (Wildman–Crippen MR) is 108 cm³/mol. The Bertz CT molecular complexity index is 1010. The van der Waals surface area contributed by atoms with E-state index in [1.807, 2.05) is 17.8 Å². The van der Waals surface area contributed by atoms with Gasteiger partial charge in [0.25, 0.3) is 0 Å². The lowest BCUT2D eigenvalue weighted by molar-refractivity contribution is -0.735. The van der Waals surface area contributed by atoms with Crippen molar-refractivity contribution in [3.8, 4) is 0 Å². The SMILES string of the molecule is C[S+]=C1SCCCCc2ccccc2/C1=[NH+]\O.O=S(=O)([O-])C(F)(F)F.O=S(=O)([O-])C(F)(F)F. The molecule has 0 saturated heterocycles. The summed E-state index contributed by atoms with van der Waals surface area (Å²) in [5, 5.41) is 11.8. The Labute approximate surface area is 193 Å². The Morgan fingerprint density at radius 1 is 0.970 bits per heavy atom. The topological polar surface area (TPSA) is 149 Å². The number of rotatable bonds is 0. The molecule has 0 aromatic heterocycles. The number of halogens is 6. The van der Waals surface area contributed by atoms with Gasteiger partial charge >= 0.3 is 20.9 Å². The van der Waals surface area contributed by atoms with Crippen LogP contribution in [0.5, 0.6) is 0 Å². The number of aryl methyl sites for hydroxylation is 1. The number of thioether (sulfide) groups is 1. The van der Waals surface area contributed by atoms with Gasteiger partial charge in [-0.3, -0.25) is 5.21 Å². The summed E-state index contributed by atoms with van der Waals surface area (Å²) in [6.07, 6.45) is 5.58. The average molecular weight is 566 g/mol. The minimum atomic E-state index is -6.09. The molecule has 8 nitrogen and oxygen atoms in total. The minimum absolute atomic E-state index is 0.861. The Morgan fingerprint density at radius 3 is 1.82 bits per heavy atom. The quantitative estimate of drug-likeness (QED) is 0.0899. The predicted octanol–water partition coefficient (Wildman–Crippen LogP) is 0.960. The van der Waals surface area contributed by atoms with Gasteiger partial charge in [-0.15, -0.1) is 0 Å². The molecule has 0 spiro atoms. The molecule has 1 aliphatic heterocycles. The summed E-state index contributed by atoms with van der Waals surface area (Å²) >= 11 is 3.52. The molecule has 1 aromatic carbocycles. The highest BCUT2D eigenvalue weighted by Crippen LogP contribution is 2.21. The second-order valence-corrected chi connectivity index (χ2v) is 10.7. The minimum Gasteiger partial charge on any atom is -0.741 e. The van der Waals surface area contributed by atoms with Crippen molar-refractivity contribution >= 4 is 53.3 Å². The van der Waals surface area contributed by atoms with Crippen molar-refractivity contribution < 1.29 is 62.6 Å². The van der Waals surface area contributed by atoms with Crippen molar-refractivity contribution in [2.45, 2.75) is 30.3 Å². The van der Waals surface area contributed by atoms with Crippen LogP contribution in [-0.4, -0.2) is 64.1 Å². The van der Waals surface area contributed by atoms with Crippen molar-refractivity contribution in [2.75, 3.05) is 12.0 Å². The maximum Gasteiger partial charge on any atom is 0.485 e. The van der Waals surface area contributed by atoms with E-state index >= 15 is 0 Å². The molecule has 0 unspecified atom stereocenters. The van der Waals surface area contributed by atoms with Crippen LogP contribution < -0.4 is 5.16 Å². The number of fused-ring (bicyclic) bond motifs is 1. The van der Waals surface area contributed by atoms with E-state index in [0.29, 0.717) is 0 Å². The highest BCUT2D eigenvalue weighted by atomic mass is 32.2. The van der Waals surface area contributed by atoms with Crippen LogP contribution in [0.1, 0.15) is 24.0 Å². The average Bonchev–Trinajstić information content (AvgIpc) is 2.73. The van der Waals surface area contributed by atoms with E-state index in [2.05, 4.69) is 29.6 Å². The number of nitrogens with one attached hydrogen (secondary N) is 1. The summed E-state index contributed by atoms with van der Waals surface area (Å²) < 4.78 is 119. The zero-order chi connectivity index (χ0) is 26.1. The molecule has 2 N–H and O–H groups in total. The van der Waals surface area contributed by atoms with Crippen LogP contribution in [0.3, 0.4) is 0 Å². The van der Waals surface area contributed by atoms with Crippen LogP contribution in [0.4, 0.5) is 26.3 Å². The van der Waals surface area contributed by atoms with Crippen molar-refractivity contribution in [1.29, 1.82) is 0 Å². The Morgan fingerprint density at radius 2 is 1.42 bits per heavy atom. The van der Waals surface area contributed by atoms with Crippen LogP contribution in [0.25, 0.3) is 0 Å². The molecule has 1 aliphatic rings. The Kier molecular flexibility index (Phi) is 12.3. The van der Waals surface area contributed by atoms with Crippen LogP contribution in [0.15, 0.2) is 24.3 Å². The summed E-state index contributed by atoms with van der Waals surface area (Å²) in [5.74, 6) is 1.12. The van der Waals surface area contributed by atoms with Gasteiger partial charge < -0.3 is 9.11 Å². The highest BCUT2D eigenvalue weighted by Gasteiger charge is 2.37. The molecule has 0 radical (unpaired) electrons. The smallest absolute Gasteiger partial charge is 0.485 e. The molecule has 0 amide bonds. The molecule has 0 bridgehead atoms. The molecule has 190 valence electrons. The van der Waals surface area contributed by atoms with Crippen LogP contribution >= 0.6 is 11.8 Å². The fourth-order valence-electron chi connectivity index (χ4n) is 2.01. The zero-order valence-electron chi connectivity index (χ0n) is 16.4. The first-order valence-corrected chi connectivity index (χ1v) is 13.3. The monoisotopic (exact) mass is 565 g/mol. The summed E-state index contributed by atoms with van der Waals surface area (Å²) in [5.41, 5.74) is -7.98. The van der Waals surface area contributed by atoms with Gasteiger partial charge in [0.2, 0.25) is 0 Å². The maximum absolute atomic E-state index is 10.7. The molecule has 0 saturated carbocycles. The second-order valence-electron chi connectivity index (χ2n) is 5.74. The van der Waals surface area contributed by atoms with E-state index in [1.165, 1.54) is 22.6 Å². The third kappa shape index (κ3) is 11.0. The molecule has 0 atom stereocenters. The van der Waals surface area contributed by atoms with Crippen molar-refractivity contribution in [3.05, 3.63) is 35.4 Å². The van der Waals surface area contributed by atoms with E-state index < -0.39 is 31.3 Å². The number of benzene rings is 1. The largest absolute Gasteiger partial charge is 0.741 e. The molecule has 0 fully saturated rings. The number of hydrogen-bond donors (Lipinski definition) is 2. The van der Waals surface area contributed by atoms with E-state index in [9.17, 15) is 31.5 Å². The highest BCUT2D eigenvalue weighted by molar-refractivity contribution is 8.24. The normalized spacial score (nSPS) is 18.0. The third-order valence-corrected chi connectivity index (χ3v) is 6.95. The first-order chi connectivity index (χ1) is 14.9. The van der Waals surface area contributed by atoms with Gasteiger partial charge in [-0.1, -0.05) is 30.0 Å². The van der Waals surface area contributed by atoms with Crippen molar-refractivity contribution in [1.82, 2.24) is 0 Å².